The van der Waals surface area contributed by atoms with E-state index < -0.39 is 9.84 Å². The van der Waals surface area contributed by atoms with Crippen LogP contribution in [0.4, 0.5) is 0 Å². The molecule has 0 atom stereocenters. The Morgan fingerprint density at radius 2 is 1.77 bits per heavy atom. The molecule has 0 unspecified atom stereocenters. The Labute approximate surface area is 177 Å². The molecule has 4 rings (SSSR count). The third-order valence-corrected chi connectivity index (χ3v) is 7.64. The van der Waals surface area contributed by atoms with Crippen LogP contribution in [-0.2, 0) is 9.84 Å². The van der Waals surface area contributed by atoms with Crippen LogP contribution in [0.15, 0.2) is 30.3 Å². The number of hydrogen-bond acceptors (Lipinski definition) is 6. The summed E-state index contributed by atoms with van der Waals surface area (Å²) in [5.41, 5.74) is 1.01. The lowest BCUT2D eigenvalue weighted by Crippen LogP contribution is -2.44. The molecule has 1 amide bonds. The quantitative estimate of drug-likeness (QED) is 0.739. The van der Waals surface area contributed by atoms with Gasteiger partial charge < -0.3 is 14.5 Å². The van der Waals surface area contributed by atoms with Crippen molar-refractivity contribution in [3.63, 3.8) is 0 Å². The third kappa shape index (κ3) is 4.59. The Balaban J connectivity index is 1.52. The Hall–Kier alpha value is -2.19. The lowest BCUT2D eigenvalue weighted by Gasteiger charge is -2.34. The van der Waals surface area contributed by atoms with Gasteiger partial charge in [0, 0.05) is 37.6 Å². The van der Waals surface area contributed by atoms with E-state index in [0.717, 1.165) is 31.3 Å². The molecule has 3 heterocycles. The smallest absolute Gasteiger partial charge is 0.272 e. The molecule has 0 saturated carbocycles. The first kappa shape index (κ1) is 21.1. The molecule has 30 heavy (non-hydrogen) atoms. The standard InChI is InChI=1S/C22H29N3O4S/c1-16(2)24-10-8-18(9-11-24)29-20-5-3-4-17-6-7-19(23-21(17)20)22(26)25-12-14-30(27,28)15-13-25/h3-7,16,18H,8-15H2,1-2H3. The topological polar surface area (TPSA) is 79.8 Å². The molecule has 0 bridgehead atoms. The molecule has 2 fully saturated rings. The third-order valence-electron chi connectivity index (χ3n) is 6.03. The molecule has 8 heteroatoms. The molecule has 2 aromatic rings. The van der Waals surface area contributed by atoms with Crippen LogP contribution in [0.3, 0.4) is 0 Å². The molecule has 2 aliphatic rings. The number of ether oxygens (including phenoxy) is 1. The second-order valence-corrected chi connectivity index (χ2v) is 10.7. The molecule has 0 N–H and O–H groups in total. The van der Waals surface area contributed by atoms with Crippen LogP contribution < -0.4 is 4.74 Å². The SMILES string of the molecule is CC(C)N1CCC(Oc2cccc3ccc(C(=O)N4CCS(=O)(=O)CC4)nc23)CC1. The molecule has 2 aliphatic heterocycles. The van der Waals surface area contributed by atoms with Gasteiger partial charge in [0.15, 0.2) is 9.84 Å². The van der Waals surface area contributed by atoms with Gasteiger partial charge in [-0.05, 0) is 38.8 Å². The van der Waals surface area contributed by atoms with Crippen LogP contribution in [0.25, 0.3) is 10.9 Å². The van der Waals surface area contributed by atoms with E-state index in [4.69, 9.17) is 4.74 Å². The molecule has 0 radical (unpaired) electrons. The number of piperidine rings is 1. The van der Waals surface area contributed by atoms with Gasteiger partial charge in [-0.3, -0.25) is 4.79 Å². The van der Waals surface area contributed by atoms with Crippen molar-refractivity contribution >= 4 is 26.6 Å². The van der Waals surface area contributed by atoms with Crippen molar-refractivity contribution in [1.82, 2.24) is 14.8 Å². The fraction of sp³-hybridized carbons (Fsp3) is 0.545. The highest BCUT2D eigenvalue weighted by Gasteiger charge is 2.27. The average molecular weight is 432 g/mol. The van der Waals surface area contributed by atoms with Gasteiger partial charge in [-0.15, -0.1) is 0 Å². The van der Waals surface area contributed by atoms with E-state index in [2.05, 4.69) is 23.7 Å². The Bertz CT molecular complexity index is 1020. The van der Waals surface area contributed by atoms with E-state index in [9.17, 15) is 13.2 Å². The largest absolute Gasteiger partial charge is 0.488 e. The monoisotopic (exact) mass is 431 g/mol. The number of likely N-dealkylation sites (tertiary alicyclic amines) is 1. The zero-order valence-corrected chi connectivity index (χ0v) is 18.4. The maximum Gasteiger partial charge on any atom is 0.272 e. The summed E-state index contributed by atoms with van der Waals surface area (Å²) in [5.74, 6) is 0.490. The van der Waals surface area contributed by atoms with E-state index in [1.165, 1.54) is 0 Å². The molecule has 162 valence electrons. The van der Waals surface area contributed by atoms with Crippen LogP contribution in [0.5, 0.6) is 5.75 Å². The second-order valence-electron chi connectivity index (χ2n) is 8.42. The van der Waals surface area contributed by atoms with E-state index >= 15 is 0 Å². The van der Waals surface area contributed by atoms with Crippen molar-refractivity contribution in [2.45, 2.75) is 38.8 Å². The van der Waals surface area contributed by atoms with Gasteiger partial charge in [0.25, 0.3) is 5.91 Å². The minimum atomic E-state index is -3.04. The predicted molar refractivity (Wildman–Crippen MR) is 117 cm³/mol. The van der Waals surface area contributed by atoms with Crippen LogP contribution in [0.2, 0.25) is 0 Å². The second kappa shape index (κ2) is 8.51. The summed E-state index contributed by atoms with van der Waals surface area (Å²) < 4.78 is 29.6. The highest BCUT2D eigenvalue weighted by atomic mass is 32.2. The Morgan fingerprint density at radius 1 is 1.07 bits per heavy atom. The number of carbonyl (C=O) groups is 1. The van der Waals surface area contributed by atoms with Crippen LogP contribution >= 0.6 is 0 Å². The van der Waals surface area contributed by atoms with Crippen LogP contribution in [-0.4, -0.2) is 78.9 Å². The first-order valence-electron chi connectivity index (χ1n) is 10.6. The highest BCUT2D eigenvalue weighted by Crippen LogP contribution is 2.28. The van der Waals surface area contributed by atoms with Crippen molar-refractivity contribution in [2.75, 3.05) is 37.7 Å². The predicted octanol–water partition coefficient (Wildman–Crippen LogP) is 2.36. The van der Waals surface area contributed by atoms with Gasteiger partial charge in [0.1, 0.15) is 23.1 Å². The van der Waals surface area contributed by atoms with Gasteiger partial charge >= 0.3 is 0 Å². The molecule has 0 aliphatic carbocycles. The number of nitrogens with zero attached hydrogens (tertiary/aromatic N) is 3. The number of fused-ring (bicyclic) bond motifs is 1. The zero-order chi connectivity index (χ0) is 21.3. The normalized spacial score (nSPS) is 20.6. The van der Waals surface area contributed by atoms with Gasteiger partial charge in [-0.25, -0.2) is 13.4 Å². The molecular weight excluding hydrogens is 402 g/mol. The number of aromatic nitrogens is 1. The Kier molecular flexibility index (Phi) is 5.97. The van der Waals surface area contributed by atoms with Gasteiger partial charge in [0.05, 0.1) is 11.5 Å². The summed E-state index contributed by atoms with van der Waals surface area (Å²) in [7, 11) is -3.04. The number of benzene rings is 1. The maximum absolute atomic E-state index is 12.9. The minimum absolute atomic E-state index is 0.00968. The molecular formula is C22H29N3O4S. The van der Waals surface area contributed by atoms with Gasteiger partial charge in [0.2, 0.25) is 0 Å². The lowest BCUT2D eigenvalue weighted by molar-refractivity contribution is 0.0764. The van der Waals surface area contributed by atoms with Crippen molar-refractivity contribution < 1.29 is 17.9 Å². The number of rotatable bonds is 4. The number of sulfone groups is 1. The number of carbonyl (C=O) groups excluding carboxylic acids is 1. The summed E-state index contributed by atoms with van der Waals surface area (Å²) in [6.07, 6.45) is 2.07. The van der Waals surface area contributed by atoms with Gasteiger partial charge in [-0.1, -0.05) is 18.2 Å². The summed E-state index contributed by atoms with van der Waals surface area (Å²) in [6, 6.07) is 9.94. The van der Waals surface area contributed by atoms with Crippen molar-refractivity contribution in [1.29, 1.82) is 0 Å². The number of hydrogen-bond donors (Lipinski definition) is 0. The summed E-state index contributed by atoms with van der Waals surface area (Å²) in [6.45, 7) is 6.89. The van der Waals surface area contributed by atoms with E-state index in [0.29, 0.717) is 23.0 Å². The van der Waals surface area contributed by atoms with Crippen LogP contribution in [0.1, 0.15) is 37.2 Å². The number of pyridine rings is 1. The fourth-order valence-electron chi connectivity index (χ4n) is 4.10. The Morgan fingerprint density at radius 3 is 2.43 bits per heavy atom. The minimum Gasteiger partial charge on any atom is -0.488 e. The van der Waals surface area contributed by atoms with E-state index in [-0.39, 0.29) is 36.6 Å². The van der Waals surface area contributed by atoms with E-state index in [1.807, 2.05) is 24.3 Å². The summed E-state index contributed by atoms with van der Waals surface area (Å²) >= 11 is 0. The number of amides is 1. The molecule has 0 spiro atoms. The molecule has 1 aromatic carbocycles. The summed E-state index contributed by atoms with van der Waals surface area (Å²) in [5, 5.41) is 0.921. The molecule has 1 aromatic heterocycles. The van der Waals surface area contributed by atoms with Crippen LogP contribution in [0, 0.1) is 0 Å². The van der Waals surface area contributed by atoms with Crippen molar-refractivity contribution in [2.24, 2.45) is 0 Å². The first-order valence-corrected chi connectivity index (χ1v) is 12.4. The number of para-hydroxylation sites is 1. The highest BCUT2D eigenvalue weighted by molar-refractivity contribution is 7.91. The van der Waals surface area contributed by atoms with Crippen molar-refractivity contribution in [3.05, 3.63) is 36.0 Å². The van der Waals surface area contributed by atoms with Crippen molar-refractivity contribution in [3.8, 4) is 5.75 Å². The summed E-state index contributed by atoms with van der Waals surface area (Å²) in [4.78, 5) is 21.5. The maximum atomic E-state index is 12.9. The molecule has 2 saturated heterocycles. The lowest BCUT2D eigenvalue weighted by atomic mass is 10.1. The van der Waals surface area contributed by atoms with Gasteiger partial charge in [-0.2, -0.15) is 0 Å². The zero-order valence-electron chi connectivity index (χ0n) is 17.6. The van der Waals surface area contributed by atoms with E-state index in [1.54, 1.807) is 11.0 Å². The fourth-order valence-corrected chi connectivity index (χ4v) is 5.30. The molecule has 7 nitrogen and oxygen atoms in total. The average Bonchev–Trinajstić information content (AvgIpc) is 2.73. The first-order chi connectivity index (χ1) is 14.3.